The first-order chi connectivity index (χ1) is 8.16. The molecule has 4 heteroatoms. The van der Waals surface area contributed by atoms with E-state index < -0.39 is 0 Å². The van der Waals surface area contributed by atoms with E-state index in [-0.39, 0.29) is 5.82 Å². The van der Waals surface area contributed by atoms with E-state index in [4.69, 9.17) is 4.74 Å². The molecule has 2 nitrogen and oxygen atoms in total. The Morgan fingerprint density at radius 2 is 2.18 bits per heavy atom. The summed E-state index contributed by atoms with van der Waals surface area (Å²) in [5, 5.41) is 0. The Morgan fingerprint density at radius 3 is 2.88 bits per heavy atom. The van der Waals surface area contributed by atoms with Crippen molar-refractivity contribution in [3.05, 3.63) is 58.1 Å². The van der Waals surface area contributed by atoms with Crippen LogP contribution in [0.4, 0.5) is 4.39 Å². The third-order valence-corrected chi connectivity index (χ3v) is 3.03. The van der Waals surface area contributed by atoms with Crippen LogP contribution in [-0.4, -0.2) is 4.98 Å². The van der Waals surface area contributed by atoms with Crippen LogP contribution in [-0.2, 0) is 6.61 Å². The van der Waals surface area contributed by atoms with E-state index in [1.807, 2.05) is 19.1 Å². The molecule has 0 saturated carbocycles. The van der Waals surface area contributed by atoms with Gasteiger partial charge in [0.05, 0.1) is 10.2 Å². The predicted octanol–water partition coefficient (Wildman–Crippen LogP) is 3.87. The Hall–Kier alpha value is -1.42. The third kappa shape index (κ3) is 3.03. The van der Waals surface area contributed by atoms with Gasteiger partial charge in [0.2, 0.25) is 0 Å². The predicted molar refractivity (Wildman–Crippen MR) is 67.4 cm³/mol. The number of pyridine rings is 1. The fraction of sp³-hybridized carbons (Fsp3) is 0.154. The summed E-state index contributed by atoms with van der Waals surface area (Å²) in [7, 11) is 0. The summed E-state index contributed by atoms with van der Waals surface area (Å²) in [5.41, 5.74) is 1.92. The van der Waals surface area contributed by atoms with Gasteiger partial charge >= 0.3 is 0 Å². The minimum absolute atomic E-state index is 0.333. The van der Waals surface area contributed by atoms with Gasteiger partial charge in [-0.1, -0.05) is 6.07 Å². The summed E-state index contributed by atoms with van der Waals surface area (Å²) >= 11 is 3.09. The number of nitrogens with zero attached hydrogens (tertiary/aromatic N) is 1. The molecule has 2 aromatic rings. The SMILES string of the molecule is Cc1cccnc1COc1ccc(Br)c(F)c1. The molecular formula is C13H11BrFNO. The first-order valence-electron chi connectivity index (χ1n) is 5.15. The lowest BCUT2D eigenvalue weighted by Crippen LogP contribution is -2.00. The van der Waals surface area contributed by atoms with Gasteiger partial charge in [-0.15, -0.1) is 0 Å². The van der Waals surface area contributed by atoms with Gasteiger partial charge < -0.3 is 4.74 Å². The second kappa shape index (κ2) is 5.27. The quantitative estimate of drug-likeness (QED) is 0.857. The van der Waals surface area contributed by atoms with Crippen LogP contribution in [0.3, 0.4) is 0 Å². The molecule has 0 unspecified atom stereocenters. The number of benzene rings is 1. The topological polar surface area (TPSA) is 22.1 Å². The molecule has 88 valence electrons. The van der Waals surface area contributed by atoms with Gasteiger partial charge in [-0.25, -0.2) is 4.39 Å². The molecule has 0 bridgehead atoms. The molecule has 0 saturated heterocycles. The Bertz CT molecular complexity index is 531. The number of ether oxygens (including phenoxy) is 1. The smallest absolute Gasteiger partial charge is 0.141 e. The number of hydrogen-bond acceptors (Lipinski definition) is 2. The molecule has 0 spiro atoms. The lowest BCUT2D eigenvalue weighted by Gasteiger charge is -2.08. The molecular weight excluding hydrogens is 285 g/mol. The van der Waals surface area contributed by atoms with Gasteiger partial charge in [-0.2, -0.15) is 0 Å². The first-order valence-corrected chi connectivity index (χ1v) is 5.94. The lowest BCUT2D eigenvalue weighted by atomic mass is 10.2. The standard InChI is InChI=1S/C13H11BrFNO/c1-9-3-2-6-16-13(9)8-17-10-4-5-11(14)12(15)7-10/h2-7H,8H2,1H3. The summed E-state index contributed by atoms with van der Waals surface area (Å²) in [5.74, 6) is 0.163. The number of hydrogen-bond donors (Lipinski definition) is 0. The Morgan fingerprint density at radius 1 is 1.35 bits per heavy atom. The number of halogens is 2. The second-order valence-electron chi connectivity index (χ2n) is 3.63. The molecule has 0 aliphatic rings. The molecule has 2 rings (SSSR count). The van der Waals surface area contributed by atoms with Gasteiger partial charge in [0.25, 0.3) is 0 Å². The molecule has 0 fully saturated rings. The van der Waals surface area contributed by atoms with Gasteiger partial charge in [-0.3, -0.25) is 4.98 Å². The molecule has 0 radical (unpaired) electrons. The number of aromatic nitrogens is 1. The summed E-state index contributed by atoms with van der Waals surface area (Å²) in [6.07, 6.45) is 1.72. The van der Waals surface area contributed by atoms with Gasteiger partial charge in [0.15, 0.2) is 0 Å². The maximum absolute atomic E-state index is 13.2. The highest BCUT2D eigenvalue weighted by Crippen LogP contribution is 2.21. The zero-order valence-corrected chi connectivity index (χ0v) is 10.9. The summed E-state index contributed by atoms with van der Waals surface area (Å²) in [4.78, 5) is 4.21. The summed E-state index contributed by atoms with van der Waals surface area (Å²) in [6, 6.07) is 8.52. The Kier molecular flexibility index (Phi) is 3.74. The molecule has 17 heavy (non-hydrogen) atoms. The van der Waals surface area contributed by atoms with Crippen molar-refractivity contribution in [3.8, 4) is 5.75 Å². The molecule has 1 aromatic heterocycles. The van der Waals surface area contributed by atoms with Gasteiger partial charge in [-0.05, 0) is 46.6 Å². The van der Waals surface area contributed by atoms with Crippen molar-refractivity contribution in [2.45, 2.75) is 13.5 Å². The van der Waals surface area contributed by atoms with Crippen LogP contribution in [0.15, 0.2) is 41.0 Å². The van der Waals surface area contributed by atoms with Crippen molar-refractivity contribution in [1.82, 2.24) is 4.98 Å². The Labute approximate surface area is 108 Å². The monoisotopic (exact) mass is 295 g/mol. The maximum Gasteiger partial charge on any atom is 0.141 e. The average Bonchev–Trinajstić information content (AvgIpc) is 2.32. The van der Waals surface area contributed by atoms with E-state index in [9.17, 15) is 4.39 Å². The average molecular weight is 296 g/mol. The minimum atomic E-state index is -0.333. The number of aryl methyl sites for hydroxylation is 1. The van der Waals surface area contributed by atoms with E-state index in [1.54, 1.807) is 18.3 Å². The zero-order valence-electron chi connectivity index (χ0n) is 9.28. The molecule has 0 aliphatic carbocycles. The number of rotatable bonds is 3. The van der Waals surface area contributed by atoms with Crippen LogP contribution in [0.2, 0.25) is 0 Å². The van der Waals surface area contributed by atoms with Gasteiger partial charge in [0, 0.05) is 12.3 Å². The van der Waals surface area contributed by atoms with Crippen LogP contribution in [0.25, 0.3) is 0 Å². The molecule has 0 amide bonds. The van der Waals surface area contributed by atoms with Crippen molar-refractivity contribution >= 4 is 15.9 Å². The van der Waals surface area contributed by atoms with Crippen LogP contribution in [0.1, 0.15) is 11.3 Å². The third-order valence-electron chi connectivity index (χ3n) is 2.38. The molecule has 0 aliphatic heterocycles. The largest absolute Gasteiger partial charge is 0.487 e. The van der Waals surface area contributed by atoms with Crippen LogP contribution >= 0.6 is 15.9 Å². The normalized spacial score (nSPS) is 10.3. The van der Waals surface area contributed by atoms with Gasteiger partial charge in [0.1, 0.15) is 18.2 Å². The van der Waals surface area contributed by atoms with E-state index in [2.05, 4.69) is 20.9 Å². The van der Waals surface area contributed by atoms with Crippen LogP contribution in [0, 0.1) is 12.7 Å². The lowest BCUT2D eigenvalue weighted by molar-refractivity contribution is 0.299. The highest BCUT2D eigenvalue weighted by Gasteiger charge is 2.03. The Balaban J connectivity index is 2.08. The van der Waals surface area contributed by atoms with Crippen molar-refractivity contribution in [2.24, 2.45) is 0 Å². The van der Waals surface area contributed by atoms with Crippen LogP contribution in [0.5, 0.6) is 5.75 Å². The van der Waals surface area contributed by atoms with Crippen molar-refractivity contribution in [1.29, 1.82) is 0 Å². The highest BCUT2D eigenvalue weighted by molar-refractivity contribution is 9.10. The molecule has 1 aromatic carbocycles. The van der Waals surface area contributed by atoms with Crippen molar-refractivity contribution < 1.29 is 9.13 Å². The van der Waals surface area contributed by atoms with E-state index in [1.165, 1.54) is 6.07 Å². The summed E-state index contributed by atoms with van der Waals surface area (Å²) in [6.45, 7) is 2.31. The highest BCUT2D eigenvalue weighted by atomic mass is 79.9. The fourth-order valence-electron chi connectivity index (χ4n) is 1.39. The van der Waals surface area contributed by atoms with E-state index in [0.29, 0.717) is 16.8 Å². The molecule has 0 atom stereocenters. The minimum Gasteiger partial charge on any atom is -0.487 e. The fourth-order valence-corrected chi connectivity index (χ4v) is 1.63. The van der Waals surface area contributed by atoms with Crippen molar-refractivity contribution in [2.75, 3.05) is 0 Å². The second-order valence-corrected chi connectivity index (χ2v) is 4.49. The van der Waals surface area contributed by atoms with Crippen LogP contribution < -0.4 is 4.74 Å². The molecule has 1 heterocycles. The summed E-state index contributed by atoms with van der Waals surface area (Å²) < 4.78 is 19.2. The first kappa shape index (κ1) is 12.0. The zero-order chi connectivity index (χ0) is 12.3. The van der Waals surface area contributed by atoms with Crippen molar-refractivity contribution in [3.63, 3.8) is 0 Å². The van der Waals surface area contributed by atoms with E-state index in [0.717, 1.165) is 11.3 Å². The maximum atomic E-state index is 13.2. The van der Waals surface area contributed by atoms with E-state index >= 15 is 0 Å². The molecule has 0 N–H and O–H groups in total.